The highest BCUT2D eigenvalue weighted by Crippen LogP contribution is 2.31. The van der Waals surface area contributed by atoms with Gasteiger partial charge in [0.1, 0.15) is 5.75 Å². The summed E-state index contributed by atoms with van der Waals surface area (Å²) in [7, 11) is 0. The van der Waals surface area contributed by atoms with Gasteiger partial charge in [0.25, 0.3) is 0 Å². The van der Waals surface area contributed by atoms with Crippen LogP contribution in [0.2, 0.25) is 0 Å². The summed E-state index contributed by atoms with van der Waals surface area (Å²) in [5.41, 5.74) is 8.25. The molecule has 0 radical (unpaired) electrons. The minimum absolute atomic E-state index is 0. The average molecular weight is 242 g/mol. The van der Waals surface area contributed by atoms with E-state index in [1.54, 1.807) is 0 Å². The normalized spacial score (nSPS) is 16.4. The van der Waals surface area contributed by atoms with Crippen LogP contribution < -0.4 is 10.5 Å². The zero-order valence-electron chi connectivity index (χ0n) is 9.90. The number of nitrogens with two attached hydrogens (primary N) is 1. The molecule has 0 heterocycles. The minimum Gasteiger partial charge on any atom is -0.493 e. The van der Waals surface area contributed by atoms with E-state index in [0.29, 0.717) is 0 Å². The van der Waals surface area contributed by atoms with Crippen molar-refractivity contribution in [1.29, 1.82) is 0 Å². The lowest BCUT2D eigenvalue weighted by Gasteiger charge is -2.14. The Morgan fingerprint density at radius 1 is 1.44 bits per heavy atom. The molecule has 0 amide bonds. The predicted molar refractivity (Wildman–Crippen MR) is 69.2 cm³/mol. The van der Waals surface area contributed by atoms with Crippen LogP contribution >= 0.6 is 12.4 Å². The maximum atomic E-state index is 5.91. The number of aryl methyl sites for hydroxylation is 1. The van der Waals surface area contributed by atoms with Gasteiger partial charge in [-0.25, -0.2) is 0 Å². The van der Waals surface area contributed by atoms with Gasteiger partial charge in [-0.15, -0.1) is 12.4 Å². The van der Waals surface area contributed by atoms with Crippen molar-refractivity contribution in [2.45, 2.75) is 32.7 Å². The molecule has 1 aromatic rings. The SMILES string of the molecule is Cc1ccc(C(C)N)c(OCC2CC2)c1.Cl. The first-order valence-corrected chi connectivity index (χ1v) is 5.65. The van der Waals surface area contributed by atoms with E-state index in [1.165, 1.54) is 18.4 Å². The Morgan fingerprint density at radius 2 is 2.12 bits per heavy atom. The van der Waals surface area contributed by atoms with Gasteiger partial charge in [-0.2, -0.15) is 0 Å². The number of hydrogen-bond acceptors (Lipinski definition) is 2. The van der Waals surface area contributed by atoms with E-state index in [2.05, 4.69) is 25.1 Å². The van der Waals surface area contributed by atoms with E-state index in [0.717, 1.165) is 23.8 Å². The van der Waals surface area contributed by atoms with Crippen molar-refractivity contribution in [3.63, 3.8) is 0 Å². The number of benzene rings is 1. The summed E-state index contributed by atoms with van der Waals surface area (Å²) >= 11 is 0. The van der Waals surface area contributed by atoms with Gasteiger partial charge in [0.2, 0.25) is 0 Å². The third-order valence-electron chi connectivity index (χ3n) is 2.83. The summed E-state index contributed by atoms with van der Waals surface area (Å²) in [6, 6.07) is 6.28. The maximum absolute atomic E-state index is 5.91. The molecule has 0 saturated heterocycles. The van der Waals surface area contributed by atoms with Gasteiger partial charge in [-0.1, -0.05) is 12.1 Å². The van der Waals surface area contributed by atoms with Crippen molar-refractivity contribution in [2.75, 3.05) is 6.61 Å². The van der Waals surface area contributed by atoms with Crippen LogP contribution in [0, 0.1) is 12.8 Å². The van der Waals surface area contributed by atoms with E-state index >= 15 is 0 Å². The molecule has 1 aliphatic rings. The van der Waals surface area contributed by atoms with E-state index in [1.807, 2.05) is 6.92 Å². The lowest BCUT2D eigenvalue weighted by atomic mass is 10.1. The highest BCUT2D eigenvalue weighted by molar-refractivity contribution is 5.85. The monoisotopic (exact) mass is 241 g/mol. The molecular weight excluding hydrogens is 222 g/mol. The second kappa shape index (κ2) is 5.55. The van der Waals surface area contributed by atoms with Crippen LogP contribution in [-0.2, 0) is 0 Å². The highest BCUT2D eigenvalue weighted by atomic mass is 35.5. The van der Waals surface area contributed by atoms with Crippen LogP contribution in [-0.4, -0.2) is 6.61 Å². The van der Waals surface area contributed by atoms with Crippen molar-refractivity contribution in [2.24, 2.45) is 11.7 Å². The molecule has 2 nitrogen and oxygen atoms in total. The third-order valence-corrected chi connectivity index (χ3v) is 2.83. The first-order chi connectivity index (χ1) is 7.16. The Balaban J connectivity index is 0.00000128. The molecule has 2 rings (SSSR count). The standard InChI is InChI=1S/C13H19NO.ClH/c1-9-3-6-12(10(2)14)13(7-9)15-8-11-4-5-11;/h3,6-7,10-11H,4-5,8,14H2,1-2H3;1H. The smallest absolute Gasteiger partial charge is 0.124 e. The summed E-state index contributed by atoms with van der Waals surface area (Å²) in [5.74, 6) is 1.75. The number of hydrogen-bond donors (Lipinski definition) is 1. The van der Waals surface area contributed by atoms with Crippen molar-refractivity contribution in [1.82, 2.24) is 0 Å². The maximum Gasteiger partial charge on any atom is 0.124 e. The van der Waals surface area contributed by atoms with E-state index in [4.69, 9.17) is 10.5 Å². The van der Waals surface area contributed by atoms with E-state index in [9.17, 15) is 0 Å². The average Bonchev–Trinajstić information content (AvgIpc) is 2.97. The fourth-order valence-corrected chi connectivity index (χ4v) is 1.63. The Hall–Kier alpha value is -0.730. The van der Waals surface area contributed by atoms with E-state index < -0.39 is 0 Å². The molecular formula is C13H20ClNO. The van der Waals surface area contributed by atoms with Crippen molar-refractivity contribution < 1.29 is 4.74 Å². The molecule has 0 bridgehead atoms. The Bertz CT molecular complexity index is 348. The van der Waals surface area contributed by atoms with Gasteiger partial charge in [-0.3, -0.25) is 0 Å². The van der Waals surface area contributed by atoms with Gasteiger partial charge >= 0.3 is 0 Å². The minimum atomic E-state index is 0. The summed E-state index contributed by atoms with van der Waals surface area (Å²) in [5, 5.41) is 0. The van der Waals surface area contributed by atoms with Gasteiger partial charge in [0.15, 0.2) is 0 Å². The summed E-state index contributed by atoms with van der Waals surface area (Å²) in [6.45, 7) is 4.92. The highest BCUT2D eigenvalue weighted by Gasteiger charge is 2.22. The molecule has 16 heavy (non-hydrogen) atoms. The summed E-state index contributed by atoms with van der Waals surface area (Å²) in [6.07, 6.45) is 2.64. The molecule has 1 aromatic carbocycles. The molecule has 1 atom stereocenters. The van der Waals surface area contributed by atoms with Crippen LogP contribution in [0.5, 0.6) is 5.75 Å². The third kappa shape index (κ3) is 3.39. The lowest BCUT2D eigenvalue weighted by molar-refractivity contribution is 0.295. The van der Waals surface area contributed by atoms with E-state index in [-0.39, 0.29) is 18.4 Å². The van der Waals surface area contributed by atoms with Crippen molar-refractivity contribution >= 4 is 12.4 Å². The molecule has 0 spiro atoms. The van der Waals surface area contributed by atoms with Crippen molar-refractivity contribution in [3.8, 4) is 5.75 Å². The lowest BCUT2D eigenvalue weighted by Crippen LogP contribution is -2.09. The fourth-order valence-electron chi connectivity index (χ4n) is 1.63. The molecule has 0 aliphatic heterocycles. The topological polar surface area (TPSA) is 35.2 Å². The molecule has 1 unspecified atom stereocenters. The van der Waals surface area contributed by atoms with Gasteiger partial charge in [-0.05, 0) is 44.2 Å². The zero-order valence-corrected chi connectivity index (χ0v) is 10.7. The first kappa shape index (κ1) is 13.3. The zero-order chi connectivity index (χ0) is 10.8. The quantitative estimate of drug-likeness (QED) is 0.879. The van der Waals surface area contributed by atoms with Crippen molar-refractivity contribution in [3.05, 3.63) is 29.3 Å². The second-order valence-electron chi connectivity index (χ2n) is 4.58. The largest absolute Gasteiger partial charge is 0.493 e. The number of ether oxygens (including phenoxy) is 1. The molecule has 3 heteroatoms. The van der Waals surface area contributed by atoms with Gasteiger partial charge in [0, 0.05) is 11.6 Å². The Kier molecular flexibility index (Phi) is 4.63. The molecule has 1 fully saturated rings. The molecule has 1 aliphatic carbocycles. The fraction of sp³-hybridized carbons (Fsp3) is 0.538. The van der Waals surface area contributed by atoms with Crippen LogP contribution in [0.3, 0.4) is 0 Å². The second-order valence-corrected chi connectivity index (χ2v) is 4.58. The Morgan fingerprint density at radius 3 is 2.69 bits per heavy atom. The van der Waals surface area contributed by atoms with Crippen LogP contribution in [0.1, 0.15) is 36.9 Å². The van der Waals surface area contributed by atoms with Gasteiger partial charge in [0.05, 0.1) is 6.61 Å². The summed E-state index contributed by atoms with van der Waals surface area (Å²) < 4.78 is 5.82. The van der Waals surface area contributed by atoms with Crippen LogP contribution in [0.4, 0.5) is 0 Å². The predicted octanol–water partition coefficient (Wildman–Crippen LogP) is 3.23. The van der Waals surface area contributed by atoms with Crippen LogP contribution in [0.25, 0.3) is 0 Å². The number of halogens is 1. The molecule has 1 saturated carbocycles. The first-order valence-electron chi connectivity index (χ1n) is 5.65. The molecule has 90 valence electrons. The Labute approximate surface area is 104 Å². The van der Waals surface area contributed by atoms with Gasteiger partial charge < -0.3 is 10.5 Å². The number of rotatable bonds is 4. The summed E-state index contributed by atoms with van der Waals surface area (Å²) in [4.78, 5) is 0. The van der Waals surface area contributed by atoms with Crippen LogP contribution in [0.15, 0.2) is 18.2 Å². The molecule has 2 N–H and O–H groups in total. The molecule has 0 aromatic heterocycles.